The Balaban J connectivity index is 1.76. The summed E-state index contributed by atoms with van der Waals surface area (Å²) in [6.07, 6.45) is -2.23. The maximum Gasteiger partial charge on any atom is 0.338 e. The fourth-order valence-corrected chi connectivity index (χ4v) is 4.59. The molecule has 1 aliphatic rings. The van der Waals surface area contributed by atoms with Crippen molar-refractivity contribution < 1.29 is 51.6 Å². The lowest BCUT2D eigenvalue weighted by atomic mass is 10.1. The second-order valence-corrected chi connectivity index (χ2v) is 9.00. The van der Waals surface area contributed by atoms with Gasteiger partial charge in [-0.25, -0.2) is 9.59 Å². The Bertz CT molecular complexity index is 1020. The largest absolute Gasteiger partial charge is 0.493 e. The molecule has 1 heterocycles. The summed E-state index contributed by atoms with van der Waals surface area (Å²) in [7, 11) is 2.70. The molecule has 0 aromatic heterocycles. The van der Waals surface area contributed by atoms with E-state index in [4.69, 9.17) is 42.0 Å². The number of hydrogen-bond acceptors (Lipinski definition) is 11. The van der Waals surface area contributed by atoms with Crippen LogP contribution in [0, 0.1) is 0 Å². The van der Waals surface area contributed by atoms with Crippen LogP contribution < -0.4 is 14.2 Å². The molecule has 0 bridgehead atoms. The molecule has 0 amide bonds. The molecule has 208 valence electrons. The average Bonchev–Trinajstić information content (AvgIpc) is 3.31. The topological polar surface area (TPSA) is 117 Å². The molecule has 0 spiro atoms. The number of benzene rings is 2. The molecule has 0 radical (unpaired) electrons. The molecule has 3 atom stereocenters. The molecule has 0 aliphatic carbocycles. The molecule has 1 unspecified atom stereocenters. The minimum absolute atomic E-state index is 0.165. The van der Waals surface area contributed by atoms with Crippen molar-refractivity contribution in [1.82, 2.24) is 0 Å². The van der Waals surface area contributed by atoms with Crippen molar-refractivity contribution in [3.8, 4) is 17.2 Å². The Labute approximate surface area is 223 Å². The molecule has 1 fully saturated rings. The van der Waals surface area contributed by atoms with Gasteiger partial charge in [0.05, 0.1) is 45.7 Å². The number of rotatable bonds is 14. The van der Waals surface area contributed by atoms with E-state index in [0.29, 0.717) is 36.0 Å². The molecule has 3 rings (SSSR count). The van der Waals surface area contributed by atoms with E-state index in [2.05, 4.69) is 0 Å². The van der Waals surface area contributed by atoms with Gasteiger partial charge in [0.1, 0.15) is 18.8 Å². The van der Waals surface area contributed by atoms with Gasteiger partial charge in [0, 0.05) is 6.42 Å². The first-order valence-corrected chi connectivity index (χ1v) is 13.1. The number of esters is 2. The standard InChI is InChI=1S/C26H33O11P/c1-6-33-38(34-7-2)37-23-15-19(22(35-23)16-32-25(27)17-11-9-8-10-12-17)36-26(28)18-13-20(29-3)24(31-5)21(14-18)30-4/h8-14,19,22-23H,6-7,15-16H2,1-5H3/t19-,22+,23?/m0/s1. The second kappa shape index (κ2) is 14.8. The quantitative estimate of drug-likeness (QED) is 0.243. The van der Waals surface area contributed by atoms with Gasteiger partial charge in [-0.1, -0.05) is 18.2 Å². The summed E-state index contributed by atoms with van der Waals surface area (Å²) in [4.78, 5) is 25.6. The third kappa shape index (κ3) is 7.78. The molecule has 0 saturated carbocycles. The van der Waals surface area contributed by atoms with Gasteiger partial charge >= 0.3 is 20.5 Å². The molecule has 11 nitrogen and oxygen atoms in total. The van der Waals surface area contributed by atoms with Crippen LogP contribution in [0.3, 0.4) is 0 Å². The van der Waals surface area contributed by atoms with Crippen LogP contribution in [-0.4, -0.2) is 71.6 Å². The van der Waals surface area contributed by atoms with Crippen LogP contribution in [0.4, 0.5) is 0 Å². The zero-order valence-electron chi connectivity index (χ0n) is 22.0. The van der Waals surface area contributed by atoms with Crippen LogP contribution in [0.25, 0.3) is 0 Å². The summed E-state index contributed by atoms with van der Waals surface area (Å²) >= 11 is 0. The summed E-state index contributed by atoms with van der Waals surface area (Å²) in [5, 5.41) is 0. The maximum absolute atomic E-state index is 13.2. The van der Waals surface area contributed by atoms with Gasteiger partial charge in [-0.3, -0.25) is 4.52 Å². The van der Waals surface area contributed by atoms with Crippen molar-refractivity contribution in [3.05, 3.63) is 53.6 Å². The molecule has 1 saturated heterocycles. The summed E-state index contributed by atoms with van der Waals surface area (Å²) in [6, 6.07) is 11.5. The van der Waals surface area contributed by atoms with Gasteiger partial charge in [0.15, 0.2) is 17.8 Å². The first-order chi connectivity index (χ1) is 18.4. The van der Waals surface area contributed by atoms with Gasteiger partial charge in [0.25, 0.3) is 0 Å². The average molecular weight is 553 g/mol. The smallest absolute Gasteiger partial charge is 0.338 e. The van der Waals surface area contributed by atoms with Crippen molar-refractivity contribution in [2.45, 2.75) is 38.8 Å². The van der Waals surface area contributed by atoms with Crippen LogP contribution >= 0.6 is 8.60 Å². The third-order valence-electron chi connectivity index (χ3n) is 5.39. The number of carbonyl (C=O) groups is 2. The number of hydrogen-bond donors (Lipinski definition) is 0. The van der Waals surface area contributed by atoms with E-state index in [1.807, 2.05) is 13.8 Å². The van der Waals surface area contributed by atoms with Crippen LogP contribution in [0.2, 0.25) is 0 Å². The van der Waals surface area contributed by atoms with Crippen LogP contribution in [0.5, 0.6) is 17.2 Å². The van der Waals surface area contributed by atoms with E-state index < -0.39 is 39.0 Å². The number of ether oxygens (including phenoxy) is 6. The van der Waals surface area contributed by atoms with Gasteiger partial charge in [-0.05, 0) is 38.1 Å². The van der Waals surface area contributed by atoms with Crippen LogP contribution in [0.15, 0.2) is 42.5 Å². The zero-order chi connectivity index (χ0) is 27.5. The molecule has 38 heavy (non-hydrogen) atoms. The summed E-state index contributed by atoms with van der Waals surface area (Å²) in [5.41, 5.74) is 0.565. The van der Waals surface area contributed by atoms with Gasteiger partial charge in [-0.2, -0.15) is 0 Å². The number of carbonyl (C=O) groups excluding carboxylic acids is 2. The Kier molecular flexibility index (Phi) is 11.6. The number of methoxy groups -OCH3 is 3. The summed E-state index contributed by atoms with van der Waals surface area (Å²) in [5.74, 6) is -0.241. The maximum atomic E-state index is 13.2. The third-order valence-corrected chi connectivity index (χ3v) is 6.73. The lowest BCUT2D eigenvalue weighted by molar-refractivity contribution is -0.103. The van der Waals surface area contributed by atoms with Gasteiger partial charge < -0.3 is 37.5 Å². The molecular weight excluding hydrogens is 519 g/mol. The van der Waals surface area contributed by atoms with E-state index in [1.165, 1.54) is 33.5 Å². The highest BCUT2D eigenvalue weighted by Gasteiger charge is 2.41. The SMILES string of the molecule is CCOP(OCC)OC1C[C@H](OC(=O)c2cc(OC)c(OC)c(OC)c2)[C@@H](COC(=O)c2ccccc2)O1. The highest BCUT2D eigenvalue weighted by molar-refractivity contribution is 7.41. The fraction of sp³-hybridized carbons (Fsp3) is 0.462. The molecular formula is C26H33O11P. The minimum atomic E-state index is -1.67. The van der Waals surface area contributed by atoms with E-state index in [9.17, 15) is 9.59 Å². The predicted molar refractivity (Wildman–Crippen MR) is 137 cm³/mol. The van der Waals surface area contributed by atoms with Crippen molar-refractivity contribution in [2.75, 3.05) is 41.2 Å². The Morgan fingerprint density at radius 3 is 2.08 bits per heavy atom. The lowest BCUT2D eigenvalue weighted by Gasteiger charge is -2.20. The van der Waals surface area contributed by atoms with E-state index in [0.717, 1.165) is 0 Å². The van der Waals surface area contributed by atoms with Crippen LogP contribution in [0.1, 0.15) is 41.0 Å². The highest BCUT2D eigenvalue weighted by Crippen LogP contribution is 2.44. The lowest BCUT2D eigenvalue weighted by Crippen LogP contribution is -2.32. The predicted octanol–water partition coefficient (Wildman–Crippen LogP) is 4.53. The normalized spacial score (nSPS) is 18.7. The minimum Gasteiger partial charge on any atom is -0.493 e. The molecule has 2 aromatic rings. The zero-order valence-corrected chi connectivity index (χ0v) is 22.9. The van der Waals surface area contributed by atoms with Crippen molar-refractivity contribution >= 4 is 20.5 Å². The van der Waals surface area contributed by atoms with E-state index in [-0.39, 0.29) is 18.6 Å². The monoisotopic (exact) mass is 552 g/mol. The van der Waals surface area contributed by atoms with Crippen molar-refractivity contribution in [1.29, 1.82) is 0 Å². The Morgan fingerprint density at radius 2 is 1.53 bits per heavy atom. The molecule has 12 heteroatoms. The second-order valence-electron chi connectivity index (χ2n) is 7.83. The Hall–Kier alpha value is -2.95. The van der Waals surface area contributed by atoms with E-state index in [1.54, 1.807) is 30.3 Å². The fourth-order valence-electron chi connectivity index (χ4n) is 3.64. The van der Waals surface area contributed by atoms with E-state index >= 15 is 0 Å². The summed E-state index contributed by atoms with van der Waals surface area (Å²) in [6.45, 7) is 4.25. The highest BCUT2D eigenvalue weighted by atomic mass is 31.2. The molecule has 1 aliphatic heterocycles. The molecule has 2 aromatic carbocycles. The van der Waals surface area contributed by atoms with Crippen molar-refractivity contribution in [3.63, 3.8) is 0 Å². The Morgan fingerprint density at radius 1 is 0.895 bits per heavy atom. The van der Waals surface area contributed by atoms with Crippen molar-refractivity contribution in [2.24, 2.45) is 0 Å². The van der Waals surface area contributed by atoms with Gasteiger partial charge in [0.2, 0.25) is 5.75 Å². The first kappa shape index (κ1) is 29.6. The van der Waals surface area contributed by atoms with Gasteiger partial charge in [-0.15, -0.1) is 0 Å². The van der Waals surface area contributed by atoms with Crippen LogP contribution in [-0.2, 0) is 27.8 Å². The first-order valence-electron chi connectivity index (χ1n) is 12.0. The summed E-state index contributed by atoms with van der Waals surface area (Å²) < 4.78 is 50.0. The molecule has 0 N–H and O–H groups in total.